The molecule has 172 valence electrons. The number of rotatable bonds is 7. The maximum atomic E-state index is 13.4. The van der Waals surface area contributed by atoms with Crippen LogP contribution in [0.5, 0.6) is 11.5 Å². The Morgan fingerprint density at radius 1 is 0.941 bits per heavy atom. The Balaban J connectivity index is 1.28. The van der Waals surface area contributed by atoms with Gasteiger partial charge in [0.1, 0.15) is 18.1 Å². The summed E-state index contributed by atoms with van der Waals surface area (Å²) in [5, 5.41) is 9.17. The molecule has 2 heterocycles. The predicted molar refractivity (Wildman–Crippen MR) is 133 cm³/mol. The van der Waals surface area contributed by atoms with E-state index in [0.29, 0.717) is 16.7 Å². The van der Waals surface area contributed by atoms with Crippen LogP contribution >= 0.6 is 23.5 Å². The van der Waals surface area contributed by atoms with Gasteiger partial charge in [0.25, 0.3) is 0 Å². The molecule has 0 aliphatic carbocycles. The quantitative estimate of drug-likeness (QED) is 0.325. The third kappa shape index (κ3) is 4.49. The largest absolute Gasteiger partial charge is 0.497 e. The van der Waals surface area contributed by atoms with Gasteiger partial charge < -0.3 is 14.0 Å². The van der Waals surface area contributed by atoms with Gasteiger partial charge in [-0.15, -0.1) is 10.2 Å². The van der Waals surface area contributed by atoms with Gasteiger partial charge in [0.05, 0.1) is 24.2 Å². The molecule has 0 spiro atoms. The molecule has 0 saturated carbocycles. The second-order valence-electron chi connectivity index (χ2n) is 7.48. The average Bonchev–Trinajstić information content (AvgIpc) is 3.23. The van der Waals surface area contributed by atoms with E-state index in [-0.39, 0.29) is 18.3 Å². The molecular weight excluding hydrogens is 468 g/mol. The highest BCUT2D eigenvalue weighted by atomic mass is 32.2. The van der Waals surface area contributed by atoms with Crippen molar-refractivity contribution in [3.05, 3.63) is 78.6 Å². The summed E-state index contributed by atoms with van der Waals surface area (Å²) >= 11 is 3.04. The highest BCUT2D eigenvalue weighted by molar-refractivity contribution is 8.00. The number of amides is 1. The van der Waals surface area contributed by atoms with Crippen LogP contribution in [0.2, 0.25) is 0 Å². The van der Waals surface area contributed by atoms with Crippen LogP contribution in [-0.2, 0) is 18.4 Å². The molecule has 0 bridgehead atoms. The van der Waals surface area contributed by atoms with Crippen LogP contribution in [0.3, 0.4) is 0 Å². The summed E-state index contributed by atoms with van der Waals surface area (Å²) in [4.78, 5) is 17.3. The molecule has 0 radical (unpaired) electrons. The summed E-state index contributed by atoms with van der Waals surface area (Å²) in [6.07, 6.45) is 0. The monoisotopic (exact) mass is 490 g/mol. The van der Waals surface area contributed by atoms with Crippen molar-refractivity contribution in [2.75, 3.05) is 17.8 Å². The van der Waals surface area contributed by atoms with Gasteiger partial charge in [-0.3, -0.25) is 9.69 Å². The second kappa shape index (κ2) is 9.82. The van der Waals surface area contributed by atoms with Gasteiger partial charge in [0, 0.05) is 22.9 Å². The first kappa shape index (κ1) is 22.4. The number of ether oxygens (including phenoxy) is 2. The summed E-state index contributed by atoms with van der Waals surface area (Å²) < 4.78 is 12.9. The molecule has 1 amide bonds. The molecule has 1 aromatic heterocycles. The number of thioether (sulfide) groups is 1. The zero-order chi connectivity index (χ0) is 23.5. The molecule has 5 rings (SSSR count). The lowest BCUT2D eigenvalue weighted by Crippen LogP contribution is -2.30. The van der Waals surface area contributed by atoms with Gasteiger partial charge in [-0.25, -0.2) is 0 Å². The average molecular weight is 491 g/mol. The SMILES string of the molecule is COc1cccc(OCc2nnc(SCC(=O)N3c4ccccc4Sc4ccccc43)n2C)c1. The Morgan fingerprint density at radius 3 is 2.32 bits per heavy atom. The highest BCUT2D eigenvalue weighted by Crippen LogP contribution is 2.48. The molecule has 34 heavy (non-hydrogen) atoms. The number of carbonyl (C=O) groups is 1. The van der Waals surface area contributed by atoms with Crippen molar-refractivity contribution in [1.82, 2.24) is 14.8 Å². The minimum Gasteiger partial charge on any atom is -0.497 e. The van der Waals surface area contributed by atoms with Crippen molar-refractivity contribution in [1.29, 1.82) is 0 Å². The first-order valence-corrected chi connectivity index (χ1v) is 12.4. The molecule has 0 atom stereocenters. The highest BCUT2D eigenvalue weighted by Gasteiger charge is 2.28. The van der Waals surface area contributed by atoms with E-state index in [4.69, 9.17) is 9.47 Å². The smallest absolute Gasteiger partial charge is 0.242 e. The minimum atomic E-state index is -0.0117. The number of para-hydroxylation sites is 2. The Labute approximate surface area is 206 Å². The van der Waals surface area contributed by atoms with E-state index >= 15 is 0 Å². The predicted octanol–water partition coefficient (Wildman–Crippen LogP) is 5.32. The Morgan fingerprint density at radius 2 is 1.62 bits per heavy atom. The fourth-order valence-corrected chi connectivity index (χ4v) is 5.44. The second-order valence-corrected chi connectivity index (χ2v) is 9.51. The normalized spacial score (nSPS) is 12.1. The van der Waals surface area contributed by atoms with Crippen molar-refractivity contribution in [3.8, 4) is 11.5 Å². The number of carbonyl (C=O) groups excluding carboxylic acids is 1. The Hall–Kier alpha value is -3.43. The number of methoxy groups -OCH3 is 1. The number of aromatic nitrogens is 3. The van der Waals surface area contributed by atoms with Crippen LogP contribution in [0, 0.1) is 0 Å². The maximum Gasteiger partial charge on any atom is 0.242 e. The molecule has 0 N–H and O–H groups in total. The molecule has 7 nitrogen and oxygen atoms in total. The van der Waals surface area contributed by atoms with Crippen molar-refractivity contribution in [2.45, 2.75) is 21.6 Å². The number of nitrogens with zero attached hydrogens (tertiary/aromatic N) is 4. The van der Waals surface area contributed by atoms with Crippen LogP contribution in [-0.4, -0.2) is 33.5 Å². The minimum absolute atomic E-state index is 0.0117. The van der Waals surface area contributed by atoms with Gasteiger partial charge >= 0.3 is 0 Å². The van der Waals surface area contributed by atoms with Crippen LogP contribution < -0.4 is 14.4 Å². The summed E-state index contributed by atoms with van der Waals surface area (Å²) in [6.45, 7) is 0.259. The van der Waals surface area contributed by atoms with E-state index in [1.54, 1.807) is 23.8 Å². The fraction of sp³-hybridized carbons (Fsp3) is 0.160. The molecule has 4 aromatic rings. The third-order valence-electron chi connectivity index (χ3n) is 5.34. The van der Waals surface area contributed by atoms with E-state index in [1.165, 1.54) is 11.8 Å². The molecular formula is C25H22N4O3S2. The van der Waals surface area contributed by atoms with Gasteiger partial charge in [-0.05, 0) is 36.4 Å². The molecule has 0 fully saturated rings. The van der Waals surface area contributed by atoms with Crippen LogP contribution in [0.4, 0.5) is 11.4 Å². The van der Waals surface area contributed by atoms with Gasteiger partial charge in [-0.1, -0.05) is 53.9 Å². The molecule has 0 unspecified atom stereocenters. The zero-order valence-electron chi connectivity index (χ0n) is 18.7. The van der Waals surface area contributed by atoms with Gasteiger partial charge in [-0.2, -0.15) is 0 Å². The molecule has 1 aliphatic rings. The van der Waals surface area contributed by atoms with E-state index < -0.39 is 0 Å². The lowest BCUT2D eigenvalue weighted by Gasteiger charge is -2.30. The fourth-order valence-electron chi connectivity index (χ4n) is 3.60. The van der Waals surface area contributed by atoms with E-state index in [0.717, 1.165) is 26.9 Å². The van der Waals surface area contributed by atoms with Crippen molar-refractivity contribution >= 4 is 40.8 Å². The lowest BCUT2D eigenvalue weighted by atomic mass is 10.2. The van der Waals surface area contributed by atoms with E-state index in [1.807, 2.05) is 84.4 Å². The summed E-state index contributed by atoms with van der Waals surface area (Å²) in [5.41, 5.74) is 1.81. The Kier molecular flexibility index (Phi) is 6.46. The van der Waals surface area contributed by atoms with Crippen molar-refractivity contribution < 1.29 is 14.3 Å². The number of fused-ring (bicyclic) bond motifs is 2. The van der Waals surface area contributed by atoms with E-state index in [2.05, 4.69) is 10.2 Å². The van der Waals surface area contributed by atoms with E-state index in [9.17, 15) is 4.79 Å². The maximum absolute atomic E-state index is 13.4. The number of hydrogen-bond acceptors (Lipinski definition) is 7. The Bertz CT molecular complexity index is 1300. The lowest BCUT2D eigenvalue weighted by molar-refractivity contribution is -0.115. The molecule has 1 aliphatic heterocycles. The first-order chi connectivity index (χ1) is 16.6. The van der Waals surface area contributed by atoms with Crippen LogP contribution in [0.1, 0.15) is 5.82 Å². The molecule has 3 aromatic carbocycles. The van der Waals surface area contributed by atoms with Gasteiger partial charge in [0.2, 0.25) is 5.91 Å². The topological polar surface area (TPSA) is 69.5 Å². The summed E-state index contributed by atoms with van der Waals surface area (Å²) in [6, 6.07) is 23.4. The number of benzene rings is 3. The zero-order valence-corrected chi connectivity index (χ0v) is 20.3. The van der Waals surface area contributed by atoms with Crippen LogP contribution in [0.25, 0.3) is 0 Å². The standard InChI is InChI=1S/C25H22N4O3S2/c1-28-23(15-32-18-9-7-8-17(14-18)31-2)26-27-25(28)33-16-24(30)29-19-10-3-5-12-21(19)34-22-13-6-4-11-20(22)29/h3-14H,15-16H2,1-2H3. The van der Waals surface area contributed by atoms with Gasteiger partial charge in [0.15, 0.2) is 11.0 Å². The number of anilines is 2. The van der Waals surface area contributed by atoms with Crippen molar-refractivity contribution in [2.24, 2.45) is 7.05 Å². The third-order valence-corrected chi connectivity index (χ3v) is 7.48. The summed E-state index contributed by atoms with van der Waals surface area (Å²) in [5.74, 6) is 2.30. The molecule has 0 saturated heterocycles. The van der Waals surface area contributed by atoms with Crippen molar-refractivity contribution in [3.63, 3.8) is 0 Å². The molecule has 9 heteroatoms. The summed E-state index contributed by atoms with van der Waals surface area (Å²) in [7, 11) is 3.49. The first-order valence-electron chi connectivity index (χ1n) is 10.6. The van der Waals surface area contributed by atoms with Crippen LogP contribution in [0.15, 0.2) is 87.7 Å². The number of hydrogen-bond donors (Lipinski definition) is 0.